The van der Waals surface area contributed by atoms with Crippen molar-refractivity contribution in [3.8, 4) is 5.75 Å². The highest BCUT2D eigenvalue weighted by Crippen LogP contribution is 2.30. The molecule has 9 nitrogen and oxygen atoms in total. The fourth-order valence-electron chi connectivity index (χ4n) is 4.02. The number of hydrogen-bond acceptors (Lipinski definition) is 6. The topological polar surface area (TPSA) is 111 Å². The highest BCUT2D eigenvalue weighted by molar-refractivity contribution is 5.86. The van der Waals surface area contributed by atoms with E-state index in [9.17, 15) is 14.4 Å². The van der Waals surface area contributed by atoms with Gasteiger partial charge in [-0.1, -0.05) is 26.0 Å². The lowest BCUT2D eigenvalue weighted by Crippen LogP contribution is -2.50. The molecular formula is C23H29N3O6. The fourth-order valence-corrected chi connectivity index (χ4v) is 4.02. The predicted molar refractivity (Wildman–Crippen MR) is 115 cm³/mol. The van der Waals surface area contributed by atoms with E-state index >= 15 is 0 Å². The second-order valence-electron chi connectivity index (χ2n) is 8.79. The zero-order valence-corrected chi connectivity index (χ0v) is 18.8. The minimum atomic E-state index is -0.967. The number of methoxy groups -OCH3 is 2. The first-order chi connectivity index (χ1) is 15.1. The molecule has 1 N–H and O–H groups in total. The van der Waals surface area contributed by atoms with Crippen LogP contribution in [-0.4, -0.2) is 57.7 Å². The Balaban J connectivity index is 1.85. The van der Waals surface area contributed by atoms with Crippen molar-refractivity contribution in [3.63, 3.8) is 0 Å². The second kappa shape index (κ2) is 9.42. The van der Waals surface area contributed by atoms with Gasteiger partial charge in [0.2, 0.25) is 5.91 Å². The third kappa shape index (κ3) is 5.27. The van der Waals surface area contributed by atoms with Crippen molar-refractivity contribution < 1.29 is 29.0 Å². The maximum absolute atomic E-state index is 13.2. The van der Waals surface area contributed by atoms with Crippen LogP contribution in [0.5, 0.6) is 5.75 Å². The van der Waals surface area contributed by atoms with Crippen LogP contribution in [0.15, 0.2) is 30.6 Å². The van der Waals surface area contributed by atoms with E-state index in [1.165, 1.54) is 12.0 Å². The number of carboxylic acid groups (broad SMARTS) is 1. The molecule has 0 radical (unpaired) electrons. The fraction of sp³-hybridized carbons (Fsp3) is 0.478. The molecule has 0 aliphatic carbocycles. The summed E-state index contributed by atoms with van der Waals surface area (Å²) in [6.45, 7) is 4.22. The molecule has 1 atom stereocenters. The van der Waals surface area contributed by atoms with Crippen LogP contribution in [0.25, 0.3) is 0 Å². The van der Waals surface area contributed by atoms with Gasteiger partial charge >= 0.3 is 11.9 Å². The maximum atomic E-state index is 13.2. The Morgan fingerprint density at radius 2 is 1.84 bits per heavy atom. The van der Waals surface area contributed by atoms with Crippen molar-refractivity contribution in [1.29, 1.82) is 0 Å². The summed E-state index contributed by atoms with van der Waals surface area (Å²) in [5.74, 6) is -0.992. The van der Waals surface area contributed by atoms with Crippen LogP contribution in [0.2, 0.25) is 0 Å². The van der Waals surface area contributed by atoms with Gasteiger partial charge in [0.15, 0.2) is 0 Å². The SMILES string of the molecule is COC(=O)C1Cc2ncn(Cc3ccc(OC)cc3)c2CN1C(=O)CC(C)(C)CC(=O)O. The lowest BCUT2D eigenvalue weighted by Gasteiger charge is -2.36. The number of carbonyl (C=O) groups is 3. The van der Waals surface area contributed by atoms with Gasteiger partial charge in [-0.2, -0.15) is 0 Å². The summed E-state index contributed by atoms with van der Waals surface area (Å²) in [7, 11) is 2.90. The molecule has 1 aromatic heterocycles. The summed E-state index contributed by atoms with van der Waals surface area (Å²) in [5, 5.41) is 9.14. The summed E-state index contributed by atoms with van der Waals surface area (Å²) >= 11 is 0. The number of hydrogen-bond donors (Lipinski definition) is 1. The average molecular weight is 444 g/mol. The molecule has 2 aromatic rings. The third-order valence-corrected chi connectivity index (χ3v) is 5.68. The summed E-state index contributed by atoms with van der Waals surface area (Å²) < 4.78 is 12.1. The zero-order valence-electron chi connectivity index (χ0n) is 18.8. The first-order valence-corrected chi connectivity index (χ1v) is 10.4. The molecule has 2 heterocycles. The van der Waals surface area contributed by atoms with Crippen LogP contribution < -0.4 is 4.74 Å². The second-order valence-corrected chi connectivity index (χ2v) is 8.79. The number of nitrogens with zero attached hydrogens (tertiary/aromatic N) is 3. The van der Waals surface area contributed by atoms with E-state index in [1.807, 2.05) is 28.8 Å². The van der Waals surface area contributed by atoms with Crippen molar-refractivity contribution >= 4 is 17.8 Å². The molecular weight excluding hydrogens is 414 g/mol. The summed E-state index contributed by atoms with van der Waals surface area (Å²) in [6.07, 6.45) is 1.83. The molecule has 1 aliphatic rings. The molecule has 1 unspecified atom stereocenters. The number of fused-ring (bicyclic) bond motifs is 1. The zero-order chi connectivity index (χ0) is 23.5. The number of imidazole rings is 1. The Hall–Kier alpha value is -3.36. The van der Waals surface area contributed by atoms with Crippen molar-refractivity contribution in [2.45, 2.75) is 52.2 Å². The van der Waals surface area contributed by atoms with Gasteiger partial charge in [0.25, 0.3) is 0 Å². The number of benzene rings is 1. The molecule has 172 valence electrons. The van der Waals surface area contributed by atoms with E-state index in [0.29, 0.717) is 6.54 Å². The largest absolute Gasteiger partial charge is 0.497 e. The molecule has 0 saturated heterocycles. The maximum Gasteiger partial charge on any atom is 0.329 e. The highest BCUT2D eigenvalue weighted by Gasteiger charge is 2.39. The van der Waals surface area contributed by atoms with Crippen LogP contribution in [0.4, 0.5) is 0 Å². The van der Waals surface area contributed by atoms with E-state index in [4.69, 9.17) is 14.6 Å². The van der Waals surface area contributed by atoms with Gasteiger partial charge in [0.05, 0.1) is 44.9 Å². The predicted octanol–water partition coefficient (Wildman–Crippen LogP) is 2.26. The van der Waals surface area contributed by atoms with E-state index in [0.717, 1.165) is 22.7 Å². The summed E-state index contributed by atoms with van der Waals surface area (Å²) in [4.78, 5) is 42.7. The van der Waals surface area contributed by atoms with Crippen LogP contribution in [0.1, 0.15) is 43.6 Å². The molecule has 0 spiro atoms. The van der Waals surface area contributed by atoms with Crippen molar-refractivity contribution in [1.82, 2.24) is 14.5 Å². The van der Waals surface area contributed by atoms with Crippen molar-refractivity contribution in [3.05, 3.63) is 47.5 Å². The quantitative estimate of drug-likeness (QED) is 0.623. The van der Waals surface area contributed by atoms with Gasteiger partial charge in [-0.3, -0.25) is 9.59 Å². The number of aliphatic carboxylic acids is 1. The first kappa shape index (κ1) is 23.3. The first-order valence-electron chi connectivity index (χ1n) is 10.4. The Bertz CT molecular complexity index is 996. The van der Waals surface area contributed by atoms with Crippen LogP contribution >= 0.6 is 0 Å². The van der Waals surface area contributed by atoms with Gasteiger partial charge < -0.3 is 24.0 Å². The lowest BCUT2D eigenvalue weighted by atomic mass is 9.84. The summed E-state index contributed by atoms with van der Waals surface area (Å²) in [6, 6.07) is 6.90. The standard InChI is InChI=1S/C23H29N3O6/c1-23(2,11-21(28)29)10-20(27)26-13-19-17(9-18(26)22(30)32-4)24-14-25(19)12-15-5-7-16(31-3)8-6-15/h5-8,14,18H,9-13H2,1-4H3,(H,28,29). The van der Waals surface area contributed by atoms with Gasteiger partial charge in [0.1, 0.15) is 11.8 Å². The van der Waals surface area contributed by atoms with Crippen LogP contribution in [-0.2, 0) is 38.6 Å². The Morgan fingerprint density at radius 1 is 1.16 bits per heavy atom. The van der Waals surface area contributed by atoms with Crippen LogP contribution in [0.3, 0.4) is 0 Å². The number of esters is 1. The molecule has 3 rings (SSSR count). The van der Waals surface area contributed by atoms with Crippen LogP contribution in [0, 0.1) is 5.41 Å². The smallest absolute Gasteiger partial charge is 0.329 e. The van der Waals surface area contributed by atoms with Gasteiger partial charge in [0, 0.05) is 19.4 Å². The Kier molecular flexibility index (Phi) is 6.86. The molecule has 9 heteroatoms. The normalized spacial score (nSPS) is 15.8. The monoisotopic (exact) mass is 443 g/mol. The van der Waals surface area contributed by atoms with E-state index in [2.05, 4.69) is 4.98 Å². The minimum absolute atomic E-state index is 0.00868. The lowest BCUT2D eigenvalue weighted by molar-refractivity contribution is -0.155. The van der Waals surface area contributed by atoms with Gasteiger partial charge in [-0.25, -0.2) is 9.78 Å². The number of aromatic nitrogens is 2. The van der Waals surface area contributed by atoms with Crippen molar-refractivity contribution in [2.75, 3.05) is 14.2 Å². The average Bonchev–Trinajstić information content (AvgIpc) is 3.13. The van der Waals surface area contributed by atoms with E-state index in [-0.39, 0.29) is 31.7 Å². The number of carbonyl (C=O) groups excluding carboxylic acids is 2. The Morgan fingerprint density at radius 3 is 2.44 bits per heavy atom. The summed E-state index contributed by atoms with van der Waals surface area (Å²) in [5.41, 5.74) is 1.90. The number of rotatable bonds is 8. The van der Waals surface area contributed by atoms with Gasteiger partial charge in [-0.05, 0) is 23.1 Å². The third-order valence-electron chi connectivity index (χ3n) is 5.68. The van der Waals surface area contributed by atoms with E-state index in [1.54, 1.807) is 27.3 Å². The minimum Gasteiger partial charge on any atom is -0.497 e. The molecule has 1 amide bonds. The molecule has 0 fully saturated rings. The van der Waals surface area contributed by atoms with Gasteiger partial charge in [-0.15, -0.1) is 0 Å². The molecule has 1 aliphatic heterocycles. The van der Waals surface area contributed by atoms with Crippen molar-refractivity contribution in [2.24, 2.45) is 5.41 Å². The highest BCUT2D eigenvalue weighted by atomic mass is 16.5. The molecule has 0 bridgehead atoms. The number of amides is 1. The van der Waals surface area contributed by atoms with E-state index < -0.39 is 23.4 Å². The number of ether oxygens (including phenoxy) is 2. The molecule has 0 saturated carbocycles. The Labute approximate surface area is 186 Å². The number of carboxylic acids is 1. The molecule has 32 heavy (non-hydrogen) atoms. The molecule has 1 aromatic carbocycles.